The lowest BCUT2D eigenvalue weighted by Gasteiger charge is -2.20. The minimum absolute atomic E-state index is 0.103. The molecule has 35 heavy (non-hydrogen) atoms. The average molecular weight is 466 g/mol. The van der Waals surface area contributed by atoms with Crippen LogP contribution in [-0.4, -0.2) is 36.6 Å². The van der Waals surface area contributed by atoms with Gasteiger partial charge in [-0.25, -0.2) is 4.79 Å². The number of rotatable bonds is 5. The van der Waals surface area contributed by atoms with E-state index in [0.29, 0.717) is 28.1 Å². The quantitative estimate of drug-likeness (QED) is 0.443. The minimum Gasteiger partial charge on any atom is -0.465 e. The Balaban J connectivity index is 1.50. The number of esters is 1. The summed E-state index contributed by atoms with van der Waals surface area (Å²) >= 11 is 0. The van der Waals surface area contributed by atoms with Crippen molar-refractivity contribution < 1.29 is 19.1 Å². The number of nitrogens with zero attached hydrogens (tertiary/aromatic N) is 2. The average Bonchev–Trinajstić information content (AvgIpc) is 3.34. The third-order valence-corrected chi connectivity index (χ3v) is 5.28. The maximum atomic E-state index is 12.9. The largest absolute Gasteiger partial charge is 0.465 e. The van der Waals surface area contributed by atoms with E-state index in [1.807, 2.05) is 18.2 Å². The highest BCUT2D eigenvalue weighted by Gasteiger charge is 2.34. The van der Waals surface area contributed by atoms with Crippen molar-refractivity contribution in [3.8, 4) is 11.8 Å². The van der Waals surface area contributed by atoms with Crippen LogP contribution in [0.3, 0.4) is 0 Å². The van der Waals surface area contributed by atoms with Crippen LogP contribution in [0.5, 0.6) is 0 Å². The topological polar surface area (TPSA) is 114 Å². The first-order valence-corrected chi connectivity index (χ1v) is 10.8. The van der Waals surface area contributed by atoms with E-state index in [2.05, 4.69) is 22.3 Å². The number of carbonyl (C=O) groups is 3. The molecule has 0 aliphatic carbocycles. The zero-order valence-electron chi connectivity index (χ0n) is 18.9. The molecule has 3 aromatic rings. The van der Waals surface area contributed by atoms with E-state index < -0.39 is 23.8 Å². The van der Waals surface area contributed by atoms with E-state index in [9.17, 15) is 14.4 Å². The molecule has 0 spiro atoms. The van der Waals surface area contributed by atoms with Gasteiger partial charge in [-0.2, -0.15) is 5.10 Å². The standard InChI is InChI=1S/C27H22N4O4/c1-35-27(34)20-9-5-7-18(15-20)13-14-19-8-6-10-21(16-19)29-26(33)23-17-24(25(28)32)31(30-23)22-11-3-2-4-12-22/h2-12,15-16,24H,17H2,1H3,(H2,28,32)(H,29,33). The van der Waals surface area contributed by atoms with Crippen molar-refractivity contribution in [2.45, 2.75) is 12.5 Å². The number of nitrogens with one attached hydrogen (secondary N) is 1. The fourth-order valence-corrected chi connectivity index (χ4v) is 3.55. The Morgan fingerprint density at radius 2 is 1.66 bits per heavy atom. The lowest BCUT2D eigenvalue weighted by Crippen LogP contribution is -2.39. The summed E-state index contributed by atoms with van der Waals surface area (Å²) < 4.78 is 4.73. The number of nitrogens with two attached hydrogens (primary N) is 1. The molecule has 0 bridgehead atoms. The van der Waals surface area contributed by atoms with Crippen LogP contribution < -0.4 is 16.1 Å². The molecule has 0 aromatic heterocycles. The third kappa shape index (κ3) is 5.54. The molecule has 1 heterocycles. The van der Waals surface area contributed by atoms with Crippen molar-refractivity contribution in [2.24, 2.45) is 10.8 Å². The summed E-state index contributed by atoms with van der Waals surface area (Å²) in [7, 11) is 1.32. The van der Waals surface area contributed by atoms with Crippen molar-refractivity contribution >= 4 is 34.9 Å². The monoisotopic (exact) mass is 466 g/mol. The summed E-state index contributed by atoms with van der Waals surface area (Å²) in [4.78, 5) is 36.5. The lowest BCUT2D eigenvalue weighted by atomic mass is 10.1. The first kappa shape index (κ1) is 23.3. The van der Waals surface area contributed by atoms with Crippen LogP contribution in [0.25, 0.3) is 0 Å². The fraction of sp³-hybridized carbons (Fsp3) is 0.111. The predicted octanol–water partition coefficient (Wildman–Crippen LogP) is 2.93. The molecule has 0 fully saturated rings. The SMILES string of the molecule is COC(=O)c1cccc(C#Cc2cccc(NC(=O)C3=NN(c4ccccc4)C(C(N)=O)C3)c2)c1. The van der Waals surface area contributed by atoms with Crippen LogP contribution in [0.4, 0.5) is 11.4 Å². The number of para-hydroxylation sites is 1. The molecule has 2 amide bonds. The van der Waals surface area contributed by atoms with Gasteiger partial charge in [0, 0.05) is 23.2 Å². The molecular weight excluding hydrogens is 444 g/mol. The number of benzene rings is 3. The van der Waals surface area contributed by atoms with Gasteiger partial charge in [-0.1, -0.05) is 42.2 Å². The second-order valence-corrected chi connectivity index (χ2v) is 7.71. The van der Waals surface area contributed by atoms with Crippen LogP contribution in [0, 0.1) is 11.8 Å². The molecule has 0 saturated carbocycles. The Morgan fingerprint density at radius 3 is 2.34 bits per heavy atom. The van der Waals surface area contributed by atoms with Gasteiger partial charge in [0.25, 0.3) is 5.91 Å². The van der Waals surface area contributed by atoms with E-state index in [1.54, 1.807) is 60.7 Å². The van der Waals surface area contributed by atoms with E-state index >= 15 is 0 Å². The van der Waals surface area contributed by atoms with Crippen molar-refractivity contribution in [1.29, 1.82) is 0 Å². The van der Waals surface area contributed by atoms with Crippen molar-refractivity contribution in [3.63, 3.8) is 0 Å². The summed E-state index contributed by atoms with van der Waals surface area (Å²) in [6.07, 6.45) is 0.103. The molecule has 1 aliphatic rings. The number of carbonyl (C=O) groups excluding carboxylic acids is 3. The summed E-state index contributed by atoms with van der Waals surface area (Å²) in [5, 5.41) is 8.64. The molecule has 0 saturated heterocycles. The Hall–Kier alpha value is -4.90. The molecule has 3 N–H and O–H groups in total. The molecule has 4 rings (SSSR count). The second kappa shape index (κ2) is 10.4. The molecule has 1 unspecified atom stereocenters. The number of methoxy groups -OCH3 is 1. The number of amides is 2. The molecule has 8 nitrogen and oxygen atoms in total. The summed E-state index contributed by atoms with van der Waals surface area (Å²) in [6, 6.07) is 22.2. The van der Waals surface area contributed by atoms with Crippen molar-refractivity contribution in [2.75, 3.05) is 17.4 Å². The first-order chi connectivity index (χ1) is 16.9. The Kier molecular flexibility index (Phi) is 6.88. The number of hydrazone groups is 1. The number of ether oxygens (including phenoxy) is 1. The van der Waals surface area contributed by atoms with Gasteiger partial charge < -0.3 is 15.8 Å². The van der Waals surface area contributed by atoms with Gasteiger partial charge in [-0.05, 0) is 48.5 Å². The van der Waals surface area contributed by atoms with Gasteiger partial charge in [0.15, 0.2) is 0 Å². The zero-order chi connectivity index (χ0) is 24.8. The molecule has 8 heteroatoms. The van der Waals surface area contributed by atoms with Crippen molar-refractivity contribution in [3.05, 3.63) is 95.6 Å². The van der Waals surface area contributed by atoms with Crippen LogP contribution in [-0.2, 0) is 14.3 Å². The second-order valence-electron chi connectivity index (χ2n) is 7.71. The third-order valence-electron chi connectivity index (χ3n) is 5.28. The number of hydrogen-bond donors (Lipinski definition) is 2. The number of anilines is 2. The molecule has 1 aliphatic heterocycles. The molecule has 174 valence electrons. The normalized spacial score (nSPS) is 14.4. The number of primary amides is 1. The van der Waals surface area contributed by atoms with Gasteiger partial charge in [0.2, 0.25) is 5.91 Å². The number of hydrogen-bond acceptors (Lipinski definition) is 6. The van der Waals surface area contributed by atoms with E-state index in [1.165, 1.54) is 12.1 Å². The van der Waals surface area contributed by atoms with Crippen LogP contribution in [0.15, 0.2) is 84.0 Å². The maximum absolute atomic E-state index is 12.9. The molecule has 1 atom stereocenters. The zero-order valence-corrected chi connectivity index (χ0v) is 18.9. The molecular formula is C27H22N4O4. The molecule has 3 aromatic carbocycles. The fourth-order valence-electron chi connectivity index (χ4n) is 3.55. The maximum Gasteiger partial charge on any atom is 0.337 e. The highest BCUT2D eigenvalue weighted by atomic mass is 16.5. The first-order valence-electron chi connectivity index (χ1n) is 10.8. The van der Waals surface area contributed by atoms with Crippen LogP contribution >= 0.6 is 0 Å². The highest BCUT2D eigenvalue weighted by molar-refractivity contribution is 6.44. The van der Waals surface area contributed by atoms with Gasteiger partial charge in [-0.15, -0.1) is 0 Å². The summed E-state index contributed by atoms with van der Waals surface area (Å²) in [5.41, 5.74) is 8.69. The van der Waals surface area contributed by atoms with Gasteiger partial charge in [0.05, 0.1) is 18.4 Å². The highest BCUT2D eigenvalue weighted by Crippen LogP contribution is 2.25. The van der Waals surface area contributed by atoms with E-state index in [0.717, 1.165) is 0 Å². The van der Waals surface area contributed by atoms with E-state index in [4.69, 9.17) is 10.5 Å². The summed E-state index contributed by atoms with van der Waals surface area (Å²) in [6.45, 7) is 0. The van der Waals surface area contributed by atoms with Crippen LogP contribution in [0.1, 0.15) is 27.9 Å². The predicted molar refractivity (Wildman–Crippen MR) is 133 cm³/mol. The smallest absolute Gasteiger partial charge is 0.337 e. The van der Waals surface area contributed by atoms with Gasteiger partial charge >= 0.3 is 5.97 Å². The minimum atomic E-state index is -0.740. The summed E-state index contributed by atoms with van der Waals surface area (Å²) in [5.74, 6) is 4.61. The Labute approximate surface area is 202 Å². The van der Waals surface area contributed by atoms with Crippen LogP contribution in [0.2, 0.25) is 0 Å². The van der Waals surface area contributed by atoms with Gasteiger partial charge in [0.1, 0.15) is 11.8 Å². The molecule has 0 radical (unpaired) electrons. The Bertz CT molecular complexity index is 1370. The lowest BCUT2D eigenvalue weighted by molar-refractivity contribution is -0.119. The van der Waals surface area contributed by atoms with Crippen molar-refractivity contribution in [1.82, 2.24) is 0 Å². The Morgan fingerprint density at radius 1 is 0.971 bits per heavy atom. The van der Waals surface area contributed by atoms with E-state index in [-0.39, 0.29) is 12.1 Å². The van der Waals surface area contributed by atoms with Gasteiger partial charge in [-0.3, -0.25) is 14.6 Å².